The van der Waals surface area contributed by atoms with Crippen LogP contribution in [0.2, 0.25) is 0 Å². The third-order valence-corrected chi connectivity index (χ3v) is 3.34. The summed E-state index contributed by atoms with van der Waals surface area (Å²) in [6.45, 7) is 4.39. The highest BCUT2D eigenvalue weighted by Crippen LogP contribution is 2.57. The molecule has 0 amide bonds. The van der Waals surface area contributed by atoms with E-state index in [0.717, 1.165) is 18.7 Å². The molecule has 0 saturated heterocycles. The highest BCUT2D eigenvalue weighted by Gasteiger charge is 2.49. The standard InChI is InChI=1S/C12H18N2O3/c1-12(2)7-8(12)11-13-9(17-14-11)5-3-4-6-10(15)16/h8H,3-7H2,1-2H3,(H,15,16). The predicted molar refractivity (Wildman–Crippen MR) is 60.6 cm³/mol. The molecule has 5 heteroatoms. The van der Waals surface area contributed by atoms with E-state index in [0.29, 0.717) is 30.1 Å². The third-order valence-electron chi connectivity index (χ3n) is 3.34. The Labute approximate surface area is 100 Å². The first-order chi connectivity index (χ1) is 7.99. The Morgan fingerprint density at radius 1 is 1.53 bits per heavy atom. The molecule has 94 valence electrons. The average Bonchev–Trinajstić information content (AvgIpc) is 2.71. The summed E-state index contributed by atoms with van der Waals surface area (Å²) in [6, 6.07) is 0. The molecule has 1 aromatic heterocycles. The lowest BCUT2D eigenvalue weighted by Crippen LogP contribution is -1.95. The van der Waals surface area contributed by atoms with Gasteiger partial charge in [-0.05, 0) is 24.7 Å². The van der Waals surface area contributed by atoms with Gasteiger partial charge >= 0.3 is 5.97 Å². The quantitative estimate of drug-likeness (QED) is 0.770. The van der Waals surface area contributed by atoms with Gasteiger partial charge < -0.3 is 9.63 Å². The summed E-state index contributed by atoms with van der Waals surface area (Å²) in [5, 5.41) is 12.5. The van der Waals surface area contributed by atoms with Gasteiger partial charge in [-0.2, -0.15) is 4.98 Å². The van der Waals surface area contributed by atoms with Crippen LogP contribution < -0.4 is 0 Å². The zero-order valence-corrected chi connectivity index (χ0v) is 10.3. The van der Waals surface area contributed by atoms with Gasteiger partial charge in [-0.3, -0.25) is 4.79 Å². The number of hydrogen-bond acceptors (Lipinski definition) is 4. The minimum atomic E-state index is -0.754. The van der Waals surface area contributed by atoms with Crippen LogP contribution >= 0.6 is 0 Å². The predicted octanol–water partition coefficient (Wildman–Crippen LogP) is 2.38. The fraction of sp³-hybridized carbons (Fsp3) is 0.750. The first kappa shape index (κ1) is 12.1. The van der Waals surface area contributed by atoms with Crippen molar-refractivity contribution in [1.82, 2.24) is 10.1 Å². The van der Waals surface area contributed by atoms with Crippen molar-refractivity contribution in [2.24, 2.45) is 5.41 Å². The fourth-order valence-corrected chi connectivity index (χ4v) is 1.97. The summed E-state index contributed by atoms with van der Waals surface area (Å²) in [4.78, 5) is 14.7. The maximum atomic E-state index is 10.3. The number of aliphatic carboxylic acids is 1. The van der Waals surface area contributed by atoms with Gasteiger partial charge in [-0.25, -0.2) is 0 Å². The molecule has 0 bridgehead atoms. The van der Waals surface area contributed by atoms with E-state index in [1.807, 2.05) is 0 Å². The Balaban J connectivity index is 1.77. The van der Waals surface area contributed by atoms with Crippen LogP contribution in [0.3, 0.4) is 0 Å². The van der Waals surface area contributed by atoms with Gasteiger partial charge in [0.1, 0.15) is 0 Å². The van der Waals surface area contributed by atoms with Crippen LogP contribution in [0, 0.1) is 5.41 Å². The molecule has 5 nitrogen and oxygen atoms in total. The van der Waals surface area contributed by atoms with Gasteiger partial charge in [0.25, 0.3) is 0 Å². The Hall–Kier alpha value is -1.39. The van der Waals surface area contributed by atoms with E-state index in [4.69, 9.17) is 9.63 Å². The van der Waals surface area contributed by atoms with Gasteiger partial charge in [0.2, 0.25) is 5.89 Å². The van der Waals surface area contributed by atoms with Gasteiger partial charge in [-0.1, -0.05) is 19.0 Å². The molecular weight excluding hydrogens is 220 g/mol. The van der Waals surface area contributed by atoms with Gasteiger partial charge in [0.05, 0.1) is 0 Å². The lowest BCUT2D eigenvalue weighted by Gasteiger charge is -1.96. The van der Waals surface area contributed by atoms with Gasteiger partial charge in [0.15, 0.2) is 5.82 Å². The molecule has 1 saturated carbocycles. The molecule has 0 aromatic carbocycles. The SMILES string of the molecule is CC1(C)CC1c1noc(CCCCC(=O)O)n1. The van der Waals surface area contributed by atoms with Crippen LogP contribution in [0.4, 0.5) is 0 Å². The van der Waals surface area contributed by atoms with Crippen molar-refractivity contribution in [3.63, 3.8) is 0 Å². The van der Waals surface area contributed by atoms with E-state index >= 15 is 0 Å². The van der Waals surface area contributed by atoms with Crippen LogP contribution in [0.1, 0.15) is 57.2 Å². The van der Waals surface area contributed by atoms with Gasteiger partial charge in [-0.15, -0.1) is 0 Å². The zero-order valence-electron chi connectivity index (χ0n) is 10.3. The largest absolute Gasteiger partial charge is 0.481 e. The number of nitrogens with zero attached hydrogens (tertiary/aromatic N) is 2. The van der Waals surface area contributed by atoms with Crippen molar-refractivity contribution in [2.45, 2.75) is 51.9 Å². The molecule has 1 fully saturated rings. The van der Waals surface area contributed by atoms with Crippen molar-refractivity contribution in [1.29, 1.82) is 0 Å². The second kappa shape index (κ2) is 4.47. The van der Waals surface area contributed by atoms with Crippen LogP contribution in [-0.2, 0) is 11.2 Å². The highest BCUT2D eigenvalue weighted by atomic mass is 16.5. The second-order valence-corrected chi connectivity index (χ2v) is 5.39. The zero-order chi connectivity index (χ0) is 12.5. The van der Waals surface area contributed by atoms with Crippen LogP contribution in [0.25, 0.3) is 0 Å². The summed E-state index contributed by atoms with van der Waals surface area (Å²) in [7, 11) is 0. The second-order valence-electron chi connectivity index (χ2n) is 5.39. The Morgan fingerprint density at radius 3 is 2.82 bits per heavy atom. The monoisotopic (exact) mass is 238 g/mol. The summed E-state index contributed by atoms with van der Waals surface area (Å²) in [5.41, 5.74) is 0.310. The van der Waals surface area contributed by atoms with Crippen LogP contribution in [-0.4, -0.2) is 21.2 Å². The number of aryl methyl sites for hydroxylation is 1. The topological polar surface area (TPSA) is 76.2 Å². The molecule has 1 unspecified atom stereocenters. The molecule has 0 radical (unpaired) electrons. The molecule has 1 heterocycles. The van der Waals surface area contributed by atoms with E-state index in [1.165, 1.54) is 0 Å². The Kier molecular flexibility index (Phi) is 3.17. The van der Waals surface area contributed by atoms with E-state index in [-0.39, 0.29) is 6.42 Å². The maximum absolute atomic E-state index is 10.3. The van der Waals surface area contributed by atoms with E-state index in [1.54, 1.807) is 0 Å². The number of carboxylic acids is 1. The number of hydrogen-bond donors (Lipinski definition) is 1. The first-order valence-electron chi connectivity index (χ1n) is 6.03. The molecule has 1 atom stereocenters. The molecule has 1 aliphatic carbocycles. The molecule has 1 N–H and O–H groups in total. The number of aromatic nitrogens is 2. The molecule has 2 rings (SSSR count). The number of rotatable bonds is 6. The van der Waals surface area contributed by atoms with E-state index < -0.39 is 5.97 Å². The van der Waals surface area contributed by atoms with Crippen LogP contribution in [0.15, 0.2) is 4.52 Å². The summed E-state index contributed by atoms with van der Waals surface area (Å²) < 4.78 is 5.16. The van der Waals surface area contributed by atoms with Crippen molar-refractivity contribution in [2.75, 3.05) is 0 Å². The van der Waals surface area contributed by atoms with Crippen molar-refractivity contribution < 1.29 is 14.4 Å². The smallest absolute Gasteiger partial charge is 0.303 e. The van der Waals surface area contributed by atoms with Crippen molar-refractivity contribution in [3.05, 3.63) is 11.7 Å². The molecule has 0 aliphatic heterocycles. The van der Waals surface area contributed by atoms with Crippen LogP contribution in [0.5, 0.6) is 0 Å². The maximum Gasteiger partial charge on any atom is 0.303 e. The molecule has 1 aromatic rings. The first-order valence-corrected chi connectivity index (χ1v) is 6.03. The average molecular weight is 238 g/mol. The number of carbonyl (C=O) groups is 1. The number of unbranched alkanes of at least 4 members (excludes halogenated alkanes) is 1. The van der Waals surface area contributed by atoms with E-state index in [2.05, 4.69) is 24.0 Å². The minimum Gasteiger partial charge on any atom is -0.481 e. The lowest BCUT2D eigenvalue weighted by atomic mass is 10.1. The normalized spacial score (nSPS) is 21.4. The van der Waals surface area contributed by atoms with Crippen molar-refractivity contribution >= 4 is 5.97 Å². The Morgan fingerprint density at radius 2 is 2.24 bits per heavy atom. The third kappa shape index (κ3) is 3.05. The molecule has 0 spiro atoms. The minimum absolute atomic E-state index is 0.205. The summed E-state index contributed by atoms with van der Waals surface area (Å²) in [5.74, 6) is 1.12. The van der Waals surface area contributed by atoms with E-state index in [9.17, 15) is 4.79 Å². The molecule has 17 heavy (non-hydrogen) atoms. The molecular formula is C12H18N2O3. The Bertz CT molecular complexity index is 412. The highest BCUT2D eigenvalue weighted by molar-refractivity contribution is 5.66. The molecule has 1 aliphatic rings. The van der Waals surface area contributed by atoms with Crippen molar-refractivity contribution in [3.8, 4) is 0 Å². The lowest BCUT2D eigenvalue weighted by molar-refractivity contribution is -0.137. The fourth-order valence-electron chi connectivity index (χ4n) is 1.97. The summed E-state index contributed by atoms with van der Waals surface area (Å²) in [6.07, 6.45) is 3.43. The summed E-state index contributed by atoms with van der Waals surface area (Å²) >= 11 is 0. The van der Waals surface area contributed by atoms with Gasteiger partial charge in [0, 0.05) is 18.8 Å². The number of carboxylic acid groups (broad SMARTS) is 1.